The third-order valence-corrected chi connectivity index (χ3v) is 1.83. The predicted octanol–water partition coefficient (Wildman–Crippen LogP) is 1.46. The molecule has 0 spiro atoms. The Kier molecular flexibility index (Phi) is 3.48. The van der Waals surface area contributed by atoms with Crippen molar-refractivity contribution in [3.8, 4) is 0 Å². The van der Waals surface area contributed by atoms with Crippen LogP contribution in [0.5, 0.6) is 0 Å². The highest BCUT2D eigenvalue weighted by atomic mass is 16.5. The summed E-state index contributed by atoms with van der Waals surface area (Å²) >= 11 is 0. The molecule has 0 bridgehead atoms. The fourth-order valence-electron chi connectivity index (χ4n) is 1.16. The summed E-state index contributed by atoms with van der Waals surface area (Å²) in [5, 5.41) is 0. The van der Waals surface area contributed by atoms with E-state index in [4.69, 9.17) is 10.6 Å². The number of nitrogen functional groups attached to an aromatic ring is 1. The number of carbonyl (C=O) groups is 1. The lowest BCUT2D eigenvalue weighted by atomic mass is 10.1. The number of anilines is 1. The summed E-state index contributed by atoms with van der Waals surface area (Å²) in [5.41, 5.74) is 4.50. The van der Waals surface area contributed by atoms with Gasteiger partial charge in [0.2, 0.25) is 0 Å². The number of benzene rings is 1. The number of hydrogen-bond acceptors (Lipinski definition) is 4. The van der Waals surface area contributed by atoms with Gasteiger partial charge in [-0.3, -0.25) is 5.84 Å². The van der Waals surface area contributed by atoms with Crippen molar-refractivity contribution in [2.75, 3.05) is 12.0 Å². The molecule has 4 nitrogen and oxygen atoms in total. The van der Waals surface area contributed by atoms with Crippen LogP contribution in [0.25, 0.3) is 0 Å². The highest BCUT2D eigenvalue weighted by molar-refractivity contribution is 5.95. The second-order valence-electron chi connectivity index (χ2n) is 2.91. The number of ether oxygens (including phenoxy) is 1. The van der Waals surface area contributed by atoms with E-state index in [0.29, 0.717) is 17.9 Å². The second kappa shape index (κ2) is 4.62. The van der Waals surface area contributed by atoms with E-state index in [1.165, 1.54) is 0 Å². The third-order valence-electron chi connectivity index (χ3n) is 1.83. The molecule has 3 N–H and O–H groups in total. The Hall–Kier alpha value is -1.55. The zero-order chi connectivity index (χ0) is 10.6. The Balaban J connectivity index is 3.03. The molecule has 0 saturated heterocycles. The van der Waals surface area contributed by atoms with Gasteiger partial charge in [-0.2, -0.15) is 0 Å². The molecule has 0 radical (unpaired) electrons. The quantitative estimate of drug-likeness (QED) is 0.434. The summed E-state index contributed by atoms with van der Waals surface area (Å²) in [5.74, 6) is 4.92. The Labute approximate surface area is 83.0 Å². The minimum atomic E-state index is -0.357. The van der Waals surface area contributed by atoms with Crippen LogP contribution < -0.4 is 11.3 Å². The molecule has 0 fully saturated rings. The molecule has 0 amide bonds. The van der Waals surface area contributed by atoms with E-state index in [1.54, 1.807) is 19.1 Å². The SMILES string of the molecule is CCOC(=O)c1cc(C)ccc1NN. The number of carbonyl (C=O) groups excluding carboxylic acids is 1. The smallest absolute Gasteiger partial charge is 0.340 e. The number of nitrogens with one attached hydrogen (secondary N) is 1. The average Bonchev–Trinajstić information content (AvgIpc) is 2.18. The van der Waals surface area contributed by atoms with Gasteiger partial charge in [0, 0.05) is 0 Å². The highest BCUT2D eigenvalue weighted by Gasteiger charge is 2.11. The van der Waals surface area contributed by atoms with Crippen LogP contribution in [0.1, 0.15) is 22.8 Å². The predicted molar refractivity (Wildman–Crippen MR) is 54.9 cm³/mol. The van der Waals surface area contributed by atoms with Gasteiger partial charge in [0.05, 0.1) is 17.9 Å². The van der Waals surface area contributed by atoms with Crippen molar-refractivity contribution < 1.29 is 9.53 Å². The van der Waals surface area contributed by atoms with Crippen LogP contribution in [0.4, 0.5) is 5.69 Å². The first kappa shape index (κ1) is 10.5. The first-order valence-corrected chi connectivity index (χ1v) is 4.43. The first-order chi connectivity index (χ1) is 6.69. The number of esters is 1. The molecular weight excluding hydrogens is 180 g/mol. The second-order valence-corrected chi connectivity index (χ2v) is 2.91. The van der Waals surface area contributed by atoms with E-state index in [0.717, 1.165) is 5.56 Å². The van der Waals surface area contributed by atoms with Crippen LogP contribution >= 0.6 is 0 Å². The Morgan fingerprint density at radius 1 is 1.57 bits per heavy atom. The maximum absolute atomic E-state index is 11.5. The Bertz CT molecular complexity index is 337. The average molecular weight is 194 g/mol. The Morgan fingerprint density at radius 3 is 2.86 bits per heavy atom. The van der Waals surface area contributed by atoms with E-state index in [2.05, 4.69) is 5.43 Å². The van der Waals surface area contributed by atoms with Crippen LogP contribution in [-0.4, -0.2) is 12.6 Å². The van der Waals surface area contributed by atoms with Gasteiger partial charge in [-0.05, 0) is 26.0 Å². The van der Waals surface area contributed by atoms with Crippen LogP contribution in [-0.2, 0) is 4.74 Å². The molecular formula is C10H14N2O2. The molecule has 0 aliphatic rings. The molecule has 4 heteroatoms. The van der Waals surface area contributed by atoms with Gasteiger partial charge in [0.25, 0.3) is 0 Å². The van der Waals surface area contributed by atoms with Gasteiger partial charge in [-0.25, -0.2) is 4.79 Å². The lowest BCUT2D eigenvalue weighted by Crippen LogP contribution is -2.13. The van der Waals surface area contributed by atoms with E-state index < -0.39 is 0 Å². The molecule has 0 aliphatic heterocycles. The summed E-state index contributed by atoms with van der Waals surface area (Å²) < 4.78 is 4.89. The van der Waals surface area contributed by atoms with Crippen molar-refractivity contribution in [3.63, 3.8) is 0 Å². The van der Waals surface area contributed by atoms with Gasteiger partial charge < -0.3 is 10.2 Å². The van der Waals surface area contributed by atoms with Crippen molar-refractivity contribution in [3.05, 3.63) is 29.3 Å². The van der Waals surface area contributed by atoms with Gasteiger partial charge in [0.15, 0.2) is 0 Å². The molecule has 0 aromatic heterocycles. The summed E-state index contributed by atoms with van der Waals surface area (Å²) in [6.45, 7) is 4.03. The normalized spacial score (nSPS) is 9.64. The zero-order valence-electron chi connectivity index (χ0n) is 8.33. The van der Waals surface area contributed by atoms with E-state index >= 15 is 0 Å². The largest absolute Gasteiger partial charge is 0.462 e. The topological polar surface area (TPSA) is 64.3 Å². The van der Waals surface area contributed by atoms with E-state index in [9.17, 15) is 4.79 Å². The van der Waals surface area contributed by atoms with E-state index in [1.807, 2.05) is 13.0 Å². The minimum Gasteiger partial charge on any atom is -0.462 e. The van der Waals surface area contributed by atoms with Crippen molar-refractivity contribution in [2.45, 2.75) is 13.8 Å². The van der Waals surface area contributed by atoms with Crippen molar-refractivity contribution >= 4 is 11.7 Å². The Morgan fingerprint density at radius 2 is 2.29 bits per heavy atom. The van der Waals surface area contributed by atoms with Crippen molar-refractivity contribution in [2.24, 2.45) is 5.84 Å². The lowest BCUT2D eigenvalue weighted by molar-refractivity contribution is 0.0527. The van der Waals surface area contributed by atoms with E-state index in [-0.39, 0.29) is 5.97 Å². The maximum atomic E-state index is 11.5. The number of hydrazine groups is 1. The minimum absolute atomic E-state index is 0.357. The molecule has 0 unspecified atom stereocenters. The zero-order valence-corrected chi connectivity index (χ0v) is 8.33. The van der Waals surface area contributed by atoms with Crippen LogP contribution in [0, 0.1) is 6.92 Å². The molecule has 1 rings (SSSR count). The molecule has 0 atom stereocenters. The number of nitrogens with two attached hydrogens (primary N) is 1. The molecule has 76 valence electrons. The molecule has 0 aliphatic carbocycles. The monoisotopic (exact) mass is 194 g/mol. The number of rotatable bonds is 3. The number of hydrogen-bond donors (Lipinski definition) is 2. The van der Waals surface area contributed by atoms with Crippen LogP contribution in [0.3, 0.4) is 0 Å². The van der Waals surface area contributed by atoms with Gasteiger partial charge >= 0.3 is 5.97 Å². The van der Waals surface area contributed by atoms with Crippen LogP contribution in [0.2, 0.25) is 0 Å². The standard InChI is InChI=1S/C10H14N2O2/c1-3-14-10(13)8-6-7(2)4-5-9(8)12-11/h4-6,12H,3,11H2,1-2H3. The fourth-order valence-corrected chi connectivity index (χ4v) is 1.16. The van der Waals surface area contributed by atoms with Gasteiger partial charge in [0.1, 0.15) is 0 Å². The lowest BCUT2D eigenvalue weighted by Gasteiger charge is -2.08. The summed E-state index contributed by atoms with van der Waals surface area (Å²) in [6, 6.07) is 5.37. The van der Waals surface area contributed by atoms with Gasteiger partial charge in [-0.1, -0.05) is 11.6 Å². The third kappa shape index (κ3) is 2.23. The maximum Gasteiger partial charge on any atom is 0.340 e. The molecule has 1 aromatic rings. The highest BCUT2D eigenvalue weighted by Crippen LogP contribution is 2.17. The first-order valence-electron chi connectivity index (χ1n) is 4.43. The summed E-state index contributed by atoms with van der Waals surface area (Å²) in [4.78, 5) is 11.5. The number of aryl methyl sites for hydroxylation is 1. The van der Waals surface area contributed by atoms with Gasteiger partial charge in [-0.15, -0.1) is 0 Å². The summed E-state index contributed by atoms with van der Waals surface area (Å²) in [7, 11) is 0. The van der Waals surface area contributed by atoms with Crippen LogP contribution in [0.15, 0.2) is 18.2 Å². The molecule has 1 aromatic carbocycles. The molecule has 14 heavy (non-hydrogen) atoms. The molecule has 0 saturated carbocycles. The molecule has 0 heterocycles. The van der Waals surface area contributed by atoms with Crippen molar-refractivity contribution in [1.82, 2.24) is 0 Å². The van der Waals surface area contributed by atoms with Crippen molar-refractivity contribution in [1.29, 1.82) is 0 Å². The fraction of sp³-hybridized carbons (Fsp3) is 0.300. The summed E-state index contributed by atoms with van der Waals surface area (Å²) in [6.07, 6.45) is 0.